The van der Waals surface area contributed by atoms with Gasteiger partial charge in [-0.25, -0.2) is 8.42 Å². The lowest BCUT2D eigenvalue weighted by molar-refractivity contribution is -0.385. The number of para-hydroxylation sites is 1. The van der Waals surface area contributed by atoms with Crippen LogP contribution in [0.2, 0.25) is 0 Å². The van der Waals surface area contributed by atoms with Gasteiger partial charge in [0.05, 0.1) is 10.7 Å². The zero-order valence-electron chi connectivity index (χ0n) is 7.45. The smallest absolute Gasteiger partial charge is 0.273 e. The average Bonchev–Trinajstić information content (AvgIpc) is 2.18. The van der Waals surface area contributed by atoms with E-state index >= 15 is 0 Å². The molecule has 0 heterocycles. The quantitative estimate of drug-likeness (QED) is 0.576. The molecule has 2 N–H and O–H groups in total. The first-order valence-electron chi connectivity index (χ1n) is 3.82. The maximum atomic E-state index is 11.0. The van der Waals surface area contributed by atoms with E-state index in [1.165, 1.54) is 24.3 Å². The molecule has 0 saturated carbocycles. The standard InChI is InChI=1S/C7H8N2O5S/c10-8-15(13,14)5-6-3-1-2-4-7(6)9(11)12/h1-4,8,10H,5H2. The summed E-state index contributed by atoms with van der Waals surface area (Å²) in [4.78, 5) is 11.0. The Bertz CT molecular complexity index is 470. The average molecular weight is 232 g/mol. The predicted octanol–water partition coefficient (Wildman–Crippen LogP) is 0.403. The number of sulfonamides is 1. The van der Waals surface area contributed by atoms with Crippen LogP contribution in [-0.2, 0) is 15.8 Å². The number of benzene rings is 1. The van der Waals surface area contributed by atoms with Crippen molar-refractivity contribution >= 4 is 15.7 Å². The van der Waals surface area contributed by atoms with E-state index in [9.17, 15) is 18.5 Å². The summed E-state index contributed by atoms with van der Waals surface area (Å²) in [5.74, 6) is -0.638. The Morgan fingerprint density at radius 1 is 1.40 bits per heavy atom. The van der Waals surface area contributed by atoms with Gasteiger partial charge >= 0.3 is 0 Å². The number of nitro benzene ring substituents is 1. The van der Waals surface area contributed by atoms with E-state index in [0.717, 1.165) is 4.89 Å². The summed E-state index contributed by atoms with van der Waals surface area (Å²) >= 11 is 0. The Hall–Kier alpha value is -1.51. The van der Waals surface area contributed by atoms with E-state index < -0.39 is 20.7 Å². The van der Waals surface area contributed by atoms with Crippen LogP contribution in [0.3, 0.4) is 0 Å². The molecule has 7 nitrogen and oxygen atoms in total. The largest absolute Gasteiger partial charge is 0.302 e. The highest BCUT2D eigenvalue weighted by molar-refractivity contribution is 7.88. The lowest BCUT2D eigenvalue weighted by atomic mass is 10.2. The third kappa shape index (κ3) is 2.98. The summed E-state index contributed by atoms with van der Waals surface area (Å²) in [6.45, 7) is 0. The van der Waals surface area contributed by atoms with Crippen LogP contribution in [0.4, 0.5) is 5.69 Å². The molecule has 0 bridgehead atoms. The number of hydrogen-bond donors (Lipinski definition) is 2. The van der Waals surface area contributed by atoms with Gasteiger partial charge in [0, 0.05) is 11.6 Å². The molecule has 0 aliphatic carbocycles. The minimum absolute atomic E-state index is 0.0176. The van der Waals surface area contributed by atoms with Crippen LogP contribution < -0.4 is 4.89 Å². The summed E-state index contributed by atoms with van der Waals surface area (Å²) in [6.07, 6.45) is 0. The lowest BCUT2D eigenvalue weighted by Crippen LogP contribution is -2.21. The maximum Gasteiger partial charge on any atom is 0.273 e. The molecule has 15 heavy (non-hydrogen) atoms. The molecular formula is C7H8N2O5S. The van der Waals surface area contributed by atoms with Crippen LogP contribution in [0.5, 0.6) is 0 Å². The second-order valence-corrected chi connectivity index (χ2v) is 4.44. The minimum atomic E-state index is -3.93. The molecular weight excluding hydrogens is 224 g/mol. The summed E-state index contributed by atoms with van der Waals surface area (Å²) in [6, 6.07) is 5.42. The van der Waals surface area contributed by atoms with Gasteiger partial charge in [0.1, 0.15) is 0 Å². The fourth-order valence-corrected chi connectivity index (χ4v) is 1.77. The van der Waals surface area contributed by atoms with Gasteiger partial charge in [0.2, 0.25) is 10.0 Å². The van der Waals surface area contributed by atoms with Crippen molar-refractivity contribution in [3.05, 3.63) is 39.9 Å². The van der Waals surface area contributed by atoms with Gasteiger partial charge in [0.15, 0.2) is 0 Å². The Morgan fingerprint density at radius 3 is 2.53 bits per heavy atom. The molecule has 8 heteroatoms. The van der Waals surface area contributed by atoms with Crippen molar-refractivity contribution in [2.75, 3.05) is 0 Å². The van der Waals surface area contributed by atoms with Gasteiger partial charge in [-0.3, -0.25) is 10.1 Å². The van der Waals surface area contributed by atoms with E-state index in [-0.39, 0.29) is 11.3 Å². The van der Waals surface area contributed by atoms with Gasteiger partial charge in [-0.2, -0.15) is 0 Å². The molecule has 0 amide bonds. The highest BCUT2D eigenvalue weighted by Gasteiger charge is 2.18. The minimum Gasteiger partial charge on any atom is -0.302 e. The first kappa shape index (κ1) is 11.6. The summed E-state index contributed by atoms with van der Waals surface area (Å²) in [5, 5.41) is 18.8. The van der Waals surface area contributed by atoms with Crippen molar-refractivity contribution in [3.63, 3.8) is 0 Å². The van der Waals surface area contributed by atoms with Gasteiger partial charge < -0.3 is 5.21 Å². The fourth-order valence-electron chi connectivity index (χ4n) is 1.05. The molecule has 0 aliphatic heterocycles. The number of hydrogen-bond acceptors (Lipinski definition) is 5. The predicted molar refractivity (Wildman–Crippen MR) is 50.6 cm³/mol. The Kier molecular flexibility index (Phi) is 3.35. The molecule has 0 atom stereocenters. The fraction of sp³-hybridized carbons (Fsp3) is 0.143. The Labute approximate surface area is 85.5 Å². The molecule has 1 aromatic carbocycles. The molecule has 0 aromatic heterocycles. The monoisotopic (exact) mass is 232 g/mol. The second-order valence-electron chi connectivity index (χ2n) is 2.74. The van der Waals surface area contributed by atoms with Crippen molar-refractivity contribution in [1.29, 1.82) is 0 Å². The summed E-state index contributed by atoms with van der Waals surface area (Å²) in [7, 11) is -3.93. The second kappa shape index (κ2) is 4.34. The van der Waals surface area contributed by atoms with Crippen LogP contribution >= 0.6 is 0 Å². The number of nitrogens with zero attached hydrogens (tertiary/aromatic N) is 1. The van der Waals surface area contributed by atoms with Crippen LogP contribution in [-0.4, -0.2) is 18.5 Å². The van der Waals surface area contributed by atoms with Crippen LogP contribution in [0.1, 0.15) is 5.56 Å². The molecule has 0 unspecified atom stereocenters. The van der Waals surface area contributed by atoms with E-state index in [2.05, 4.69) is 0 Å². The molecule has 0 fully saturated rings. The summed E-state index contributed by atoms with van der Waals surface area (Å²) < 4.78 is 21.9. The maximum absolute atomic E-state index is 11.0. The highest BCUT2D eigenvalue weighted by Crippen LogP contribution is 2.19. The number of nitrogens with one attached hydrogen (secondary N) is 1. The van der Waals surface area contributed by atoms with Crippen molar-refractivity contribution in [2.45, 2.75) is 5.75 Å². The molecule has 0 saturated heterocycles. The van der Waals surface area contributed by atoms with E-state index in [4.69, 9.17) is 5.21 Å². The first-order valence-corrected chi connectivity index (χ1v) is 5.47. The number of nitro groups is 1. The van der Waals surface area contributed by atoms with Crippen LogP contribution in [0, 0.1) is 10.1 Å². The van der Waals surface area contributed by atoms with E-state index in [1.54, 1.807) is 0 Å². The zero-order chi connectivity index (χ0) is 11.5. The third-order valence-electron chi connectivity index (χ3n) is 1.67. The molecule has 0 spiro atoms. The van der Waals surface area contributed by atoms with Crippen molar-refractivity contribution in [1.82, 2.24) is 4.89 Å². The zero-order valence-corrected chi connectivity index (χ0v) is 8.27. The first-order chi connectivity index (χ1) is 6.96. The number of rotatable bonds is 4. The SMILES string of the molecule is O=[N+]([O-])c1ccccc1CS(=O)(=O)NO. The third-order valence-corrected chi connectivity index (χ3v) is 2.64. The molecule has 0 radical (unpaired) electrons. The summed E-state index contributed by atoms with van der Waals surface area (Å²) in [5.41, 5.74) is -0.277. The van der Waals surface area contributed by atoms with Gasteiger partial charge in [-0.05, 0) is 0 Å². The molecule has 82 valence electrons. The van der Waals surface area contributed by atoms with E-state index in [0.29, 0.717) is 0 Å². The van der Waals surface area contributed by atoms with Gasteiger partial charge in [-0.15, -0.1) is 0 Å². The van der Waals surface area contributed by atoms with Crippen LogP contribution in [0.15, 0.2) is 24.3 Å². The van der Waals surface area contributed by atoms with E-state index in [1.807, 2.05) is 0 Å². The highest BCUT2D eigenvalue weighted by atomic mass is 32.2. The van der Waals surface area contributed by atoms with Crippen molar-refractivity contribution in [3.8, 4) is 0 Å². The Morgan fingerprint density at radius 2 is 2.00 bits per heavy atom. The van der Waals surface area contributed by atoms with Crippen molar-refractivity contribution in [2.24, 2.45) is 0 Å². The van der Waals surface area contributed by atoms with Crippen molar-refractivity contribution < 1.29 is 18.5 Å². The van der Waals surface area contributed by atoms with Gasteiger partial charge in [0.25, 0.3) is 5.69 Å². The van der Waals surface area contributed by atoms with Gasteiger partial charge in [-0.1, -0.05) is 23.1 Å². The normalized spacial score (nSPS) is 11.3. The van der Waals surface area contributed by atoms with Crippen LogP contribution in [0.25, 0.3) is 0 Å². The molecule has 1 aromatic rings. The molecule has 0 aliphatic rings. The topological polar surface area (TPSA) is 110 Å². The Balaban J connectivity index is 3.10. The molecule has 1 rings (SSSR count). The lowest BCUT2D eigenvalue weighted by Gasteiger charge is -2.02.